The molecule has 1 N–H and O–H groups in total. The Balaban J connectivity index is 1.63. The van der Waals surface area contributed by atoms with E-state index < -0.39 is 4.92 Å². The molecule has 0 saturated carbocycles. The number of methoxy groups -OCH3 is 1. The molecule has 3 rings (SSSR count). The Hall–Kier alpha value is -3.87. The van der Waals surface area contributed by atoms with Gasteiger partial charge in [-0.25, -0.2) is 0 Å². The Bertz CT molecular complexity index is 957. The van der Waals surface area contributed by atoms with E-state index in [0.717, 1.165) is 16.8 Å². The Morgan fingerprint density at radius 3 is 2.46 bits per heavy atom. The third-order valence-corrected chi connectivity index (χ3v) is 3.91. The van der Waals surface area contributed by atoms with Gasteiger partial charge in [0.2, 0.25) is 0 Å². The molecule has 0 aromatic heterocycles. The number of para-hydroxylation sites is 1. The van der Waals surface area contributed by atoms with Gasteiger partial charge in [-0.15, -0.1) is 0 Å². The molecular formula is C21H19N3O4. The van der Waals surface area contributed by atoms with Crippen molar-refractivity contribution in [3.63, 3.8) is 0 Å². The van der Waals surface area contributed by atoms with Gasteiger partial charge in [0.1, 0.15) is 6.61 Å². The van der Waals surface area contributed by atoms with Crippen LogP contribution in [-0.2, 0) is 6.61 Å². The third-order valence-electron chi connectivity index (χ3n) is 3.91. The fraction of sp³-hybridized carbons (Fsp3) is 0.0952. The van der Waals surface area contributed by atoms with E-state index >= 15 is 0 Å². The Kier molecular flexibility index (Phi) is 6.20. The van der Waals surface area contributed by atoms with Crippen LogP contribution in [-0.4, -0.2) is 18.2 Å². The number of ether oxygens (including phenoxy) is 2. The molecule has 0 amide bonds. The second kappa shape index (κ2) is 9.18. The summed E-state index contributed by atoms with van der Waals surface area (Å²) < 4.78 is 11.2. The molecule has 7 heteroatoms. The molecule has 0 unspecified atom stereocenters. The zero-order valence-electron chi connectivity index (χ0n) is 15.2. The first-order valence-electron chi connectivity index (χ1n) is 8.54. The maximum absolute atomic E-state index is 10.7. The lowest BCUT2D eigenvalue weighted by Crippen LogP contribution is -1.99. The number of nitro benzene ring substituents is 1. The second-order valence-electron chi connectivity index (χ2n) is 5.86. The van der Waals surface area contributed by atoms with Gasteiger partial charge in [0.25, 0.3) is 5.69 Å². The molecule has 0 aliphatic carbocycles. The van der Waals surface area contributed by atoms with Crippen LogP contribution < -0.4 is 14.9 Å². The molecule has 0 atom stereocenters. The molecule has 3 aromatic rings. The maximum Gasteiger partial charge on any atom is 0.269 e. The third kappa shape index (κ3) is 5.07. The van der Waals surface area contributed by atoms with Crippen molar-refractivity contribution in [2.75, 3.05) is 12.5 Å². The van der Waals surface area contributed by atoms with Crippen LogP contribution in [0.5, 0.6) is 11.5 Å². The Morgan fingerprint density at radius 1 is 1.04 bits per heavy atom. The summed E-state index contributed by atoms with van der Waals surface area (Å²) in [5, 5.41) is 14.9. The lowest BCUT2D eigenvalue weighted by Gasteiger charge is -2.11. The van der Waals surface area contributed by atoms with Crippen molar-refractivity contribution in [2.24, 2.45) is 5.10 Å². The van der Waals surface area contributed by atoms with Crippen molar-refractivity contribution < 1.29 is 14.4 Å². The molecule has 0 aliphatic rings. The highest BCUT2D eigenvalue weighted by Crippen LogP contribution is 2.28. The number of hydrazone groups is 1. The quantitative estimate of drug-likeness (QED) is 0.351. The summed E-state index contributed by atoms with van der Waals surface area (Å²) in [4.78, 5) is 10.3. The smallest absolute Gasteiger partial charge is 0.269 e. The van der Waals surface area contributed by atoms with E-state index in [1.807, 2.05) is 42.5 Å². The van der Waals surface area contributed by atoms with E-state index in [2.05, 4.69) is 10.5 Å². The number of anilines is 1. The van der Waals surface area contributed by atoms with Crippen LogP contribution in [0.2, 0.25) is 0 Å². The number of non-ortho nitro benzene ring substituents is 1. The summed E-state index contributed by atoms with van der Waals surface area (Å²) >= 11 is 0. The molecule has 0 saturated heterocycles. The van der Waals surface area contributed by atoms with Crippen LogP contribution in [0.4, 0.5) is 11.4 Å². The van der Waals surface area contributed by atoms with Crippen molar-refractivity contribution in [3.05, 3.63) is 94.0 Å². The molecule has 0 bridgehead atoms. The molecule has 28 heavy (non-hydrogen) atoms. The van der Waals surface area contributed by atoms with Gasteiger partial charge in [-0.3, -0.25) is 15.5 Å². The van der Waals surface area contributed by atoms with Crippen LogP contribution in [0.25, 0.3) is 0 Å². The summed E-state index contributed by atoms with van der Waals surface area (Å²) in [6, 6.07) is 21.4. The second-order valence-corrected chi connectivity index (χ2v) is 5.86. The van der Waals surface area contributed by atoms with Crippen LogP contribution in [0, 0.1) is 10.1 Å². The van der Waals surface area contributed by atoms with Crippen molar-refractivity contribution in [1.82, 2.24) is 0 Å². The normalized spacial score (nSPS) is 10.6. The van der Waals surface area contributed by atoms with E-state index in [1.54, 1.807) is 31.5 Å². The van der Waals surface area contributed by atoms with Crippen molar-refractivity contribution >= 4 is 17.6 Å². The average molecular weight is 377 g/mol. The SMILES string of the molecule is COc1cc(C=NNc2ccccc2)ccc1OCc1ccc([N+](=O)[O-])cc1. The number of nitrogens with one attached hydrogen (secondary N) is 1. The lowest BCUT2D eigenvalue weighted by molar-refractivity contribution is -0.384. The minimum atomic E-state index is -0.430. The van der Waals surface area contributed by atoms with Gasteiger partial charge in [-0.05, 0) is 53.6 Å². The lowest BCUT2D eigenvalue weighted by atomic mass is 10.2. The summed E-state index contributed by atoms with van der Waals surface area (Å²) in [5.74, 6) is 1.15. The number of hydrogen-bond acceptors (Lipinski definition) is 6. The molecule has 0 spiro atoms. The molecule has 7 nitrogen and oxygen atoms in total. The van der Waals surface area contributed by atoms with Gasteiger partial charge in [0.15, 0.2) is 11.5 Å². The number of hydrogen-bond donors (Lipinski definition) is 1. The summed E-state index contributed by atoms with van der Waals surface area (Å²) in [6.07, 6.45) is 1.69. The highest BCUT2D eigenvalue weighted by atomic mass is 16.6. The zero-order valence-corrected chi connectivity index (χ0v) is 15.2. The average Bonchev–Trinajstić information content (AvgIpc) is 2.73. The van der Waals surface area contributed by atoms with Crippen molar-refractivity contribution in [3.8, 4) is 11.5 Å². The van der Waals surface area contributed by atoms with E-state index in [4.69, 9.17) is 9.47 Å². The minimum Gasteiger partial charge on any atom is -0.493 e. The van der Waals surface area contributed by atoms with Gasteiger partial charge < -0.3 is 9.47 Å². The molecular weight excluding hydrogens is 358 g/mol. The predicted molar refractivity (Wildman–Crippen MR) is 108 cm³/mol. The largest absolute Gasteiger partial charge is 0.493 e. The molecule has 0 aliphatic heterocycles. The first-order valence-corrected chi connectivity index (χ1v) is 8.54. The molecule has 0 heterocycles. The summed E-state index contributed by atoms with van der Waals surface area (Å²) in [6.45, 7) is 0.275. The van der Waals surface area contributed by atoms with E-state index in [1.165, 1.54) is 12.1 Å². The number of rotatable bonds is 8. The number of nitrogens with zero attached hydrogens (tertiary/aromatic N) is 2. The van der Waals surface area contributed by atoms with Gasteiger partial charge in [0.05, 0.1) is 23.9 Å². The Morgan fingerprint density at radius 2 is 1.79 bits per heavy atom. The molecule has 0 radical (unpaired) electrons. The van der Waals surface area contributed by atoms with Gasteiger partial charge in [-0.2, -0.15) is 5.10 Å². The molecule has 0 fully saturated rings. The summed E-state index contributed by atoms with van der Waals surface area (Å²) in [5.41, 5.74) is 5.58. The molecule has 142 valence electrons. The monoisotopic (exact) mass is 377 g/mol. The Labute approximate surface area is 162 Å². The summed E-state index contributed by atoms with van der Waals surface area (Å²) in [7, 11) is 1.57. The number of benzene rings is 3. The van der Waals surface area contributed by atoms with Crippen LogP contribution in [0.15, 0.2) is 77.9 Å². The molecule has 3 aromatic carbocycles. The van der Waals surface area contributed by atoms with Crippen molar-refractivity contribution in [1.29, 1.82) is 0 Å². The van der Waals surface area contributed by atoms with E-state index in [9.17, 15) is 10.1 Å². The maximum atomic E-state index is 10.7. The fourth-order valence-corrected chi connectivity index (χ4v) is 2.45. The highest BCUT2D eigenvalue weighted by molar-refractivity contribution is 5.81. The topological polar surface area (TPSA) is 86.0 Å². The van der Waals surface area contributed by atoms with Gasteiger partial charge in [0, 0.05) is 12.1 Å². The van der Waals surface area contributed by atoms with Crippen LogP contribution in [0.1, 0.15) is 11.1 Å². The van der Waals surface area contributed by atoms with Crippen LogP contribution in [0.3, 0.4) is 0 Å². The van der Waals surface area contributed by atoms with Gasteiger partial charge >= 0.3 is 0 Å². The predicted octanol–water partition coefficient (Wildman–Crippen LogP) is 4.63. The highest BCUT2D eigenvalue weighted by Gasteiger charge is 2.07. The van der Waals surface area contributed by atoms with Gasteiger partial charge in [-0.1, -0.05) is 18.2 Å². The van der Waals surface area contributed by atoms with E-state index in [0.29, 0.717) is 11.5 Å². The minimum absolute atomic E-state index is 0.0501. The fourth-order valence-electron chi connectivity index (χ4n) is 2.45. The van der Waals surface area contributed by atoms with Crippen molar-refractivity contribution in [2.45, 2.75) is 6.61 Å². The zero-order chi connectivity index (χ0) is 19.8. The first kappa shape index (κ1) is 18.9. The number of nitro groups is 1. The van der Waals surface area contributed by atoms with Crippen LogP contribution >= 0.6 is 0 Å². The first-order chi connectivity index (χ1) is 13.7. The van der Waals surface area contributed by atoms with E-state index in [-0.39, 0.29) is 12.3 Å². The standard InChI is InChI=1S/C21H19N3O4/c1-27-21-13-17(14-22-23-18-5-3-2-4-6-18)9-12-20(21)28-15-16-7-10-19(11-8-16)24(25)26/h2-14,23H,15H2,1H3.